The Labute approximate surface area is 149 Å². The molecule has 2 rings (SSSR count). The van der Waals surface area contributed by atoms with Crippen LogP contribution in [-0.4, -0.2) is 17.4 Å². The van der Waals surface area contributed by atoms with Crippen LogP contribution in [0.5, 0.6) is 0 Å². The molecule has 0 aliphatic carbocycles. The highest BCUT2D eigenvalue weighted by Gasteiger charge is 2.10. The fraction of sp³-hybridized carbons (Fsp3) is 0.222. The summed E-state index contributed by atoms with van der Waals surface area (Å²) in [6.45, 7) is 3.68. The molecular weight excluding hydrogens is 374 g/mol. The minimum absolute atomic E-state index is 0.0337. The van der Waals surface area contributed by atoms with Crippen LogP contribution in [-0.2, 0) is 4.79 Å². The second-order valence-electron chi connectivity index (χ2n) is 5.36. The van der Waals surface area contributed by atoms with E-state index in [0.717, 1.165) is 9.37 Å². The Hall–Kier alpha value is -1.59. The highest BCUT2D eigenvalue weighted by atomic mass is 79.9. The molecule has 1 amide bonds. The van der Waals surface area contributed by atoms with Crippen molar-refractivity contribution in [3.05, 3.63) is 58.6 Å². The number of Topliss-reactive ketones (excluding diaryl/α,β-unsaturated/α-hetero) is 1. The minimum Gasteiger partial charge on any atom is -0.326 e. The summed E-state index contributed by atoms with van der Waals surface area (Å²) in [5.74, 6) is 0.332. The van der Waals surface area contributed by atoms with Gasteiger partial charge in [0, 0.05) is 26.5 Å². The van der Waals surface area contributed by atoms with Crippen molar-refractivity contribution >= 4 is 45.1 Å². The molecule has 0 unspecified atom stereocenters. The molecule has 0 aliphatic rings. The lowest BCUT2D eigenvalue weighted by atomic mass is 10.1. The van der Waals surface area contributed by atoms with E-state index in [2.05, 4.69) is 21.2 Å². The minimum atomic E-state index is -0.0722. The number of benzene rings is 2. The van der Waals surface area contributed by atoms with Crippen LogP contribution in [0, 0.1) is 5.92 Å². The molecule has 0 spiro atoms. The third-order valence-electron chi connectivity index (χ3n) is 3.19. The van der Waals surface area contributed by atoms with Crippen LogP contribution in [0.2, 0.25) is 0 Å². The molecule has 120 valence electrons. The smallest absolute Gasteiger partial charge is 0.226 e. The number of hydrogen-bond acceptors (Lipinski definition) is 3. The van der Waals surface area contributed by atoms with Crippen LogP contribution in [0.4, 0.5) is 5.69 Å². The molecule has 0 atom stereocenters. The molecule has 0 bridgehead atoms. The predicted molar refractivity (Wildman–Crippen MR) is 99.1 cm³/mol. The Morgan fingerprint density at radius 1 is 1.09 bits per heavy atom. The van der Waals surface area contributed by atoms with Crippen molar-refractivity contribution in [2.75, 3.05) is 11.1 Å². The van der Waals surface area contributed by atoms with Crippen LogP contribution in [0.3, 0.4) is 0 Å². The molecule has 3 nitrogen and oxygen atoms in total. The van der Waals surface area contributed by atoms with Crippen molar-refractivity contribution in [1.82, 2.24) is 0 Å². The second-order valence-corrected chi connectivity index (χ2v) is 7.24. The zero-order chi connectivity index (χ0) is 16.8. The number of halogens is 1. The zero-order valence-electron chi connectivity index (χ0n) is 13.0. The fourth-order valence-electron chi connectivity index (χ4n) is 1.81. The number of rotatable bonds is 6. The molecule has 23 heavy (non-hydrogen) atoms. The summed E-state index contributed by atoms with van der Waals surface area (Å²) in [6, 6.07) is 14.8. The van der Waals surface area contributed by atoms with Gasteiger partial charge in [0.2, 0.25) is 5.91 Å². The van der Waals surface area contributed by atoms with E-state index in [1.165, 1.54) is 11.8 Å². The Balaban J connectivity index is 1.95. The van der Waals surface area contributed by atoms with E-state index < -0.39 is 0 Å². The van der Waals surface area contributed by atoms with Gasteiger partial charge >= 0.3 is 0 Å². The molecule has 0 saturated carbocycles. The molecule has 5 heteroatoms. The third kappa shape index (κ3) is 5.22. The van der Waals surface area contributed by atoms with Crippen molar-refractivity contribution in [1.29, 1.82) is 0 Å². The lowest BCUT2D eigenvalue weighted by molar-refractivity contribution is -0.118. The van der Waals surface area contributed by atoms with Crippen molar-refractivity contribution in [2.24, 2.45) is 5.92 Å². The molecule has 0 heterocycles. The van der Waals surface area contributed by atoms with Gasteiger partial charge in [-0.05, 0) is 52.3 Å². The number of nitrogens with one attached hydrogen (secondary N) is 1. The molecule has 0 saturated heterocycles. The van der Waals surface area contributed by atoms with Crippen molar-refractivity contribution in [3.63, 3.8) is 0 Å². The monoisotopic (exact) mass is 391 g/mol. The molecule has 0 fully saturated rings. The Morgan fingerprint density at radius 3 is 2.35 bits per heavy atom. The van der Waals surface area contributed by atoms with Gasteiger partial charge in [0.15, 0.2) is 5.78 Å². The summed E-state index contributed by atoms with van der Waals surface area (Å²) < 4.78 is 0.990. The van der Waals surface area contributed by atoms with E-state index in [9.17, 15) is 9.59 Å². The van der Waals surface area contributed by atoms with Gasteiger partial charge < -0.3 is 5.32 Å². The van der Waals surface area contributed by atoms with Gasteiger partial charge in [-0.3, -0.25) is 9.59 Å². The lowest BCUT2D eigenvalue weighted by Gasteiger charge is -2.08. The zero-order valence-corrected chi connectivity index (χ0v) is 15.4. The Bertz CT molecular complexity index is 698. The maximum Gasteiger partial charge on any atom is 0.226 e. The average molecular weight is 392 g/mol. The summed E-state index contributed by atoms with van der Waals surface area (Å²) in [5.41, 5.74) is 1.35. The lowest BCUT2D eigenvalue weighted by Crippen LogP contribution is -2.17. The van der Waals surface area contributed by atoms with Gasteiger partial charge in [-0.1, -0.05) is 26.0 Å². The van der Waals surface area contributed by atoms with E-state index in [1.807, 2.05) is 38.1 Å². The van der Waals surface area contributed by atoms with Gasteiger partial charge in [-0.15, -0.1) is 11.8 Å². The summed E-state index contributed by atoms with van der Waals surface area (Å²) in [6.07, 6.45) is 0. The van der Waals surface area contributed by atoms with Gasteiger partial charge in [0.1, 0.15) is 0 Å². The highest BCUT2D eigenvalue weighted by Crippen LogP contribution is 2.27. The Kier molecular flexibility index (Phi) is 6.42. The number of hydrogen-bond donors (Lipinski definition) is 1. The maximum atomic E-state index is 12.2. The fourth-order valence-corrected chi connectivity index (χ4v) is 3.28. The predicted octanol–water partition coefficient (Wildman–Crippen LogP) is 5.02. The molecule has 2 aromatic carbocycles. The summed E-state index contributed by atoms with van der Waals surface area (Å²) in [7, 11) is 0. The van der Waals surface area contributed by atoms with Gasteiger partial charge in [-0.25, -0.2) is 0 Å². The van der Waals surface area contributed by atoms with Crippen LogP contribution >= 0.6 is 27.7 Å². The normalized spacial score (nSPS) is 10.6. The number of anilines is 1. The van der Waals surface area contributed by atoms with E-state index in [1.54, 1.807) is 24.3 Å². The van der Waals surface area contributed by atoms with Crippen molar-refractivity contribution in [2.45, 2.75) is 18.7 Å². The van der Waals surface area contributed by atoms with Crippen LogP contribution in [0.15, 0.2) is 57.9 Å². The Morgan fingerprint density at radius 2 is 1.74 bits per heavy atom. The molecule has 0 aliphatic heterocycles. The maximum absolute atomic E-state index is 12.2. The van der Waals surface area contributed by atoms with E-state index in [0.29, 0.717) is 17.0 Å². The standard InChI is InChI=1S/C18H18BrNO2S/c1-12(2)18(22)20-14-9-7-13(8-10-14)16(21)11-23-17-6-4-3-5-15(17)19/h3-10,12H,11H2,1-2H3,(H,20,22). The summed E-state index contributed by atoms with van der Waals surface area (Å²) >= 11 is 4.98. The molecule has 2 aromatic rings. The topological polar surface area (TPSA) is 46.2 Å². The first kappa shape index (κ1) is 17.8. The van der Waals surface area contributed by atoms with Gasteiger partial charge in [-0.2, -0.15) is 0 Å². The van der Waals surface area contributed by atoms with Crippen molar-refractivity contribution in [3.8, 4) is 0 Å². The molecule has 0 radical (unpaired) electrons. The van der Waals surface area contributed by atoms with E-state index in [4.69, 9.17) is 0 Å². The number of ketones is 1. The number of amides is 1. The first-order chi connectivity index (χ1) is 11.0. The summed E-state index contributed by atoms with van der Waals surface area (Å²) in [5, 5.41) is 2.81. The van der Waals surface area contributed by atoms with Gasteiger partial charge in [0.25, 0.3) is 0 Å². The summed E-state index contributed by atoms with van der Waals surface area (Å²) in [4.78, 5) is 24.9. The largest absolute Gasteiger partial charge is 0.326 e. The highest BCUT2D eigenvalue weighted by molar-refractivity contribution is 9.10. The van der Waals surface area contributed by atoms with Crippen LogP contribution in [0.1, 0.15) is 24.2 Å². The average Bonchev–Trinajstić information content (AvgIpc) is 2.54. The van der Waals surface area contributed by atoms with E-state index >= 15 is 0 Å². The molecular formula is C18H18BrNO2S. The quantitative estimate of drug-likeness (QED) is 0.555. The number of carbonyl (C=O) groups excluding carboxylic acids is 2. The SMILES string of the molecule is CC(C)C(=O)Nc1ccc(C(=O)CSc2ccccc2Br)cc1. The molecule has 1 N–H and O–H groups in total. The third-order valence-corrected chi connectivity index (χ3v) is 5.22. The van der Waals surface area contributed by atoms with Crippen LogP contribution < -0.4 is 5.32 Å². The van der Waals surface area contributed by atoms with Crippen LogP contribution in [0.25, 0.3) is 0 Å². The second kappa shape index (κ2) is 8.31. The van der Waals surface area contributed by atoms with Gasteiger partial charge in [0.05, 0.1) is 5.75 Å². The first-order valence-electron chi connectivity index (χ1n) is 7.29. The van der Waals surface area contributed by atoms with Crippen molar-refractivity contribution < 1.29 is 9.59 Å². The molecule has 0 aromatic heterocycles. The van der Waals surface area contributed by atoms with E-state index in [-0.39, 0.29) is 17.6 Å². The number of thioether (sulfide) groups is 1. The first-order valence-corrected chi connectivity index (χ1v) is 9.06. The number of carbonyl (C=O) groups is 2.